The van der Waals surface area contributed by atoms with Crippen LogP contribution in [0.1, 0.15) is 60.9 Å². The molecule has 1 saturated carbocycles. The molecule has 1 aliphatic carbocycles. The van der Waals surface area contributed by atoms with E-state index in [4.69, 9.17) is 16.6 Å². The van der Waals surface area contributed by atoms with Crippen molar-refractivity contribution in [2.45, 2.75) is 51.0 Å². The van der Waals surface area contributed by atoms with Crippen molar-refractivity contribution < 1.29 is 4.79 Å². The zero-order chi connectivity index (χ0) is 26.2. The van der Waals surface area contributed by atoms with Crippen LogP contribution >= 0.6 is 11.6 Å². The van der Waals surface area contributed by atoms with Crippen molar-refractivity contribution in [1.82, 2.24) is 34.8 Å². The maximum atomic E-state index is 13.6. The lowest BCUT2D eigenvalue weighted by molar-refractivity contribution is -0.122. The van der Waals surface area contributed by atoms with Gasteiger partial charge in [0.15, 0.2) is 5.15 Å². The molecule has 0 unspecified atom stereocenters. The van der Waals surface area contributed by atoms with E-state index in [2.05, 4.69) is 26.7 Å². The van der Waals surface area contributed by atoms with Crippen LogP contribution in [0.3, 0.4) is 0 Å². The number of carbonyl (C=O) groups is 1. The Balaban J connectivity index is 1.37. The van der Waals surface area contributed by atoms with Crippen LogP contribution in [0.2, 0.25) is 5.15 Å². The molecular formula is C28H28ClN7O2. The van der Waals surface area contributed by atoms with Crippen molar-refractivity contribution in [2.75, 3.05) is 6.54 Å². The summed E-state index contributed by atoms with van der Waals surface area (Å²) in [5.74, 6) is 0.376. The number of hydrogen-bond acceptors (Lipinski definition) is 6. The Morgan fingerprint density at radius 1 is 1.03 bits per heavy atom. The second kappa shape index (κ2) is 10.1. The zero-order valence-electron chi connectivity index (χ0n) is 21.0. The highest BCUT2D eigenvalue weighted by atomic mass is 35.5. The third-order valence-corrected chi connectivity index (χ3v) is 7.64. The average Bonchev–Trinajstić information content (AvgIpc) is 3.61. The molecule has 10 heteroatoms. The quantitative estimate of drug-likeness (QED) is 0.425. The number of aryl methyl sites for hydroxylation is 1. The standard InChI is InChI=1S/C28H28ClN7O2/c1-17-6-7-24(36-15-26(29)33-34-36)21(11-17)22-14-27(37)35(16-32-22)25-5-3-2-4-9-31-28(38)20-13-19(20)18-8-10-30-23(25)12-18/h6-8,10-12,14-16,19-20,25H,2-5,9,13H2,1H3,(H,31,38)/t19-,20-,25+/m1/s1. The predicted molar refractivity (Wildman–Crippen MR) is 143 cm³/mol. The van der Waals surface area contributed by atoms with Crippen molar-refractivity contribution in [3.63, 3.8) is 0 Å². The number of amides is 1. The van der Waals surface area contributed by atoms with E-state index in [1.807, 2.05) is 31.2 Å². The molecule has 3 aromatic heterocycles. The highest BCUT2D eigenvalue weighted by Crippen LogP contribution is 2.48. The van der Waals surface area contributed by atoms with Gasteiger partial charge >= 0.3 is 0 Å². The van der Waals surface area contributed by atoms with Gasteiger partial charge in [0.2, 0.25) is 5.91 Å². The van der Waals surface area contributed by atoms with Crippen LogP contribution in [0.15, 0.2) is 59.9 Å². The molecule has 1 amide bonds. The normalized spacial score (nSPS) is 21.4. The van der Waals surface area contributed by atoms with Crippen molar-refractivity contribution in [1.29, 1.82) is 0 Å². The topological polar surface area (TPSA) is 108 Å². The van der Waals surface area contributed by atoms with Gasteiger partial charge in [-0.05, 0) is 61.9 Å². The molecule has 0 spiro atoms. The van der Waals surface area contributed by atoms with E-state index in [1.54, 1.807) is 34.0 Å². The van der Waals surface area contributed by atoms with Crippen molar-refractivity contribution in [3.8, 4) is 16.9 Å². The monoisotopic (exact) mass is 529 g/mol. The van der Waals surface area contributed by atoms with Gasteiger partial charge in [0.05, 0.1) is 35.6 Å². The number of benzene rings is 1. The lowest BCUT2D eigenvalue weighted by atomic mass is 10.0. The van der Waals surface area contributed by atoms with Gasteiger partial charge in [-0.25, -0.2) is 9.67 Å². The number of halogens is 1. The molecule has 1 fully saturated rings. The van der Waals surface area contributed by atoms with Crippen LogP contribution in [-0.2, 0) is 4.79 Å². The summed E-state index contributed by atoms with van der Waals surface area (Å²) in [7, 11) is 0. The smallest absolute Gasteiger partial charge is 0.254 e. The number of hydrogen-bond donors (Lipinski definition) is 1. The predicted octanol–water partition coefficient (Wildman–Crippen LogP) is 4.23. The molecule has 0 saturated heterocycles. The first-order chi connectivity index (χ1) is 18.5. The molecule has 0 radical (unpaired) electrons. The Kier molecular flexibility index (Phi) is 6.53. The summed E-state index contributed by atoms with van der Waals surface area (Å²) in [6.07, 6.45) is 9.42. The molecule has 3 atom stereocenters. The van der Waals surface area contributed by atoms with Gasteiger partial charge in [-0.2, -0.15) is 0 Å². The molecule has 1 aromatic carbocycles. The Hall–Kier alpha value is -3.85. The van der Waals surface area contributed by atoms with E-state index in [9.17, 15) is 9.59 Å². The molecule has 9 nitrogen and oxygen atoms in total. The summed E-state index contributed by atoms with van der Waals surface area (Å²) < 4.78 is 3.27. The molecule has 2 bridgehead atoms. The summed E-state index contributed by atoms with van der Waals surface area (Å²) in [5, 5.41) is 11.3. The summed E-state index contributed by atoms with van der Waals surface area (Å²) in [6, 6.07) is 11.2. The van der Waals surface area contributed by atoms with Gasteiger partial charge in [0, 0.05) is 30.3 Å². The van der Waals surface area contributed by atoms with Crippen molar-refractivity contribution >= 4 is 17.5 Å². The Bertz CT molecular complexity index is 1560. The molecular weight excluding hydrogens is 502 g/mol. The number of nitrogens with one attached hydrogen (secondary N) is 1. The molecule has 6 rings (SSSR count). The number of carbonyl (C=O) groups excluding carboxylic acids is 1. The Labute approximate surface area is 224 Å². The second-order valence-corrected chi connectivity index (χ2v) is 10.5. The number of pyridine rings is 1. The van der Waals surface area contributed by atoms with Gasteiger partial charge in [-0.1, -0.05) is 41.3 Å². The van der Waals surface area contributed by atoms with E-state index < -0.39 is 0 Å². The second-order valence-electron chi connectivity index (χ2n) is 10.1. The van der Waals surface area contributed by atoms with E-state index in [0.717, 1.165) is 60.2 Å². The van der Waals surface area contributed by atoms with Crippen LogP contribution in [0, 0.1) is 12.8 Å². The first-order valence-electron chi connectivity index (χ1n) is 13.0. The Morgan fingerprint density at radius 3 is 2.74 bits per heavy atom. The first-order valence-corrected chi connectivity index (χ1v) is 13.4. The fourth-order valence-electron chi connectivity index (χ4n) is 5.35. The molecule has 2 aliphatic rings. The van der Waals surface area contributed by atoms with Crippen LogP contribution in [-0.4, -0.2) is 42.0 Å². The largest absolute Gasteiger partial charge is 0.356 e. The van der Waals surface area contributed by atoms with Gasteiger partial charge in [0.1, 0.15) is 0 Å². The van der Waals surface area contributed by atoms with Gasteiger partial charge in [-0.15, -0.1) is 5.10 Å². The van der Waals surface area contributed by atoms with E-state index in [0.29, 0.717) is 12.2 Å². The summed E-state index contributed by atoms with van der Waals surface area (Å²) >= 11 is 6.00. The van der Waals surface area contributed by atoms with Crippen molar-refractivity contribution in [3.05, 3.63) is 87.4 Å². The summed E-state index contributed by atoms with van der Waals surface area (Å²) in [5.41, 5.74) is 4.87. The highest BCUT2D eigenvalue weighted by molar-refractivity contribution is 6.29. The van der Waals surface area contributed by atoms with Crippen molar-refractivity contribution in [2.24, 2.45) is 5.92 Å². The fourth-order valence-corrected chi connectivity index (χ4v) is 5.48. The molecule has 4 heterocycles. The number of aromatic nitrogens is 6. The Morgan fingerprint density at radius 2 is 1.92 bits per heavy atom. The lowest BCUT2D eigenvalue weighted by Crippen LogP contribution is -2.26. The van der Waals surface area contributed by atoms with E-state index in [-0.39, 0.29) is 34.5 Å². The molecule has 1 aliphatic heterocycles. The third-order valence-electron chi connectivity index (χ3n) is 7.47. The minimum Gasteiger partial charge on any atom is -0.356 e. The maximum Gasteiger partial charge on any atom is 0.254 e. The minimum atomic E-state index is -0.239. The average molecular weight is 530 g/mol. The van der Waals surface area contributed by atoms with Crippen LogP contribution in [0.25, 0.3) is 16.9 Å². The third kappa shape index (κ3) is 4.86. The maximum absolute atomic E-state index is 13.6. The summed E-state index contributed by atoms with van der Waals surface area (Å²) in [6.45, 7) is 2.68. The van der Waals surface area contributed by atoms with Gasteiger partial charge in [-0.3, -0.25) is 19.1 Å². The fraction of sp³-hybridized carbons (Fsp3) is 0.357. The minimum absolute atomic E-state index is 0.0246. The molecule has 1 N–H and O–H groups in total. The number of nitrogens with zero attached hydrogens (tertiary/aromatic N) is 6. The SMILES string of the molecule is Cc1ccc(-n2cc(Cl)nn2)c(-c2cc(=O)n([C@H]3CCCCCNC(=O)[C@@H]4C[C@@H]4c4ccnc3c4)cn2)c1. The zero-order valence-corrected chi connectivity index (χ0v) is 21.8. The van der Waals surface area contributed by atoms with Gasteiger partial charge < -0.3 is 5.32 Å². The van der Waals surface area contributed by atoms with E-state index >= 15 is 0 Å². The molecule has 38 heavy (non-hydrogen) atoms. The first kappa shape index (κ1) is 24.5. The number of fused-ring (bicyclic) bond motifs is 4. The summed E-state index contributed by atoms with van der Waals surface area (Å²) in [4.78, 5) is 35.4. The molecule has 194 valence electrons. The number of rotatable bonds is 3. The highest BCUT2D eigenvalue weighted by Gasteiger charge is 2.44. The van der Waals surface area contributed by atoms with Gasteiger partial charge in [0.25, 0.3) is 5.56 Å². The molecule has 4 aromatic rings. The van der Waals surface area contributed by atoms with E-state index in [1.165, 1.54) is 0 Å². The van der Waals surface area contributed by atoms with Crippen LogP contribution < -0.4 is 10.9 Å². The van der Waals surface area contributed by atoms with Crippen LogP contribution in [0.5, 0.6) is 0 Å². The van der Waals surface area contributed by atoms with Crippen LogP contribution in [0.4, 0.5) is 0 Å². The lowest BCUT2D eigenvalue weighted by Gasteiger charge is -2.20.